The summed E-state index contributed by atoms with van der Waals surface area (Å²) >= 11 is 0. The van der Waals surface area contributed by atoms with Crippen LogP contribution in [0.25, 0.3) is 0 Å². The van der Waals surface area contributed by atoms with Crippen LogP contribution in [0.3, 0.4) is 0 Å². The number of ether oxygens (including phenoxy) is 3. The first-order chi connectivity index (χ1) is 11.5. The third-order valence-corrected chi connectivity index (χ3v) is 4.69. The zero-order valence-electron chi connectivity index (χ0n) is 15.4. The molecule has 6 heteroatoms. The molecule has 1 aromatic rings. The lowest BCUT2D eigenvalue weighted by atomic mass is 9.79. The van der Waals surface area contributed by atoms with Gasteiger partial charge in [-0.2, -0.15) is 0 Å². The second kappa shape index (κ2) is 8.05. The number of nitrogens with zero attached hydrogens (tertiary/aromatic N) is 1. The highest BCUT2D eigenvalue weighted by Gasteiger charge is 2.39. The van der Waals surface area contributed by atoms with Gasteiger partial charge in [-0.15, -0.1) is 0 Å². The topological polar surface area (TPSA) is 63.2 Å². The molecule has 0 bridgehead atoms. The van der Waals surface area contributed by atoms with E-state index in [2.05, 4.69) is 24.1 Å². The fourth-order valence-corrected chi connectivity index (χ4v) is 3.40. The molecule has 0 amide bonds. The highest BCUT2D eigenvalue weighted by Crippen LogP contribution is 2.47. The molecular weight excluding hydrogens is 308 g/mol. The first-order valence-electron chi connectivity index (χ1n) is 8.34. The van der Waals surface area contributed by atoms with Gasteiger partial charge in [0.1, 0.15) is 17.2 Å². The molecule has 1 heterocycles. The Morgan fingerprint density at radius 3 is 2.04 bits per heavy atom. The fourth-order valence-electron chi connectivity index (χ4n) is 3.40. The number of benzene rings is 1. The van der Waals surface area contributed by atoms with Gasteiger partial charge >= 0.3 is 0 Å². The van der Waals surface area contributed by atoms with Gasteiger partial charge < -0.3 is 24.6 Å². The van der Waals surface area contributed by atoms with Gasteiger partial charge in [0, 0.05) is 56.4 Å². The Balaban J connectivity index is 2.59. The van der Waals surface area contributed by atoms with Gasteiger partial charge in [0.15, 0.2) is 0 Å². The second-order valence-corrected chi connectivity index (χ2v) is 6.78. The average Bonchev–Trinajstić information content (AvgIpc) is 2.62. The molecule has 0 saturated carbocycles. The van der Waals surface area contributed by atoms with Crippen LogP contribution in [-0.4, -0.2) is 64.1 Å². The summed E-state index contributed by atoms with van der Waals surface area (Å²) in [6.45, 7) is 7.89. The molecule has 0 aliphatic carbocycles. The van der Waals surface area contributed by atoms with E-state index in [9.17, 15) is 5.11 Å². The van der Waals surface area contributed by atoms with Crippen molar-refractivity contribution >= 4 is 0 Å². The molecule has 6 nitrogen and oxygen atoms in total. The lowest BCUT2D eigenvalue weighted by molar-refractivity contribution is 0.0279. The predicted molar refractivity (Wildman–Crippen MR) is 94.1 cm³/mol. The fraction of sp³-hybridized carbons (Fsp3) is 0.667. The van der Waals surface area contributed by atoms with Gasteiger partial charge in [0.25, 0.3) is 0 Å². The minimum Gasteiger partial charge on any atom is -0.496 e. The van der Waals surface area contributed by atoms with Crippen molar-refractivity contribution in [3.05, 3.63) is 17.7 Å². The second-order valence-electron chi connectivity index (χ2n) is 6.78. The number of nitrogens with one attached hydrogen (secondary N) is 1. The first kappa shape index (κ1) is 18.8. The first-order valence-corrected chi connectivity index (χ1v) is 8.34. The summed E-state index contributed by atoms with van der Waals surface area (Å²) in [5, 5.41) is 13.4. The highest BCUT2D eigenvalue weighted by molar-refractivity contribution is 5.53. The van der Waals surface area contributed by atoms with Gasteiger partial charge in [-0.1, -0.05) is 13.8 Å². The third-order valence-electron chi connectivity index (χ3n) is 4.69. The molecule has 136 valence electrons. The van der Waals surface area contributed by atoms with E-state index < -0.39 is 0 Å². The molecule has 24 heavy (non-hydrogen) atoms. The quantitative estimate of drug-likeness (QED) is 0.789. The number of piperazine rings is 1. The smallest absolute Gasteiger partial charge is 0.131 e. The van der Waals surface area contributed by atoms with Crippen LogP contribution in [-0.2, 0) is 0 Å². The molecule has 1 atom stereocenters. The number of rotatable bonds is 7. The zero-order chi connectivity index (χ0) is 17.7. The van der Waals surface area contributed by atoms with Crippen LogP contribution in [0, 0.1) is 5.41 Å². The van der Waals surface area contributed by atoms with Crippen molar-refractivity contribution in [3.63, 3.8) is 0 Å². The normalized spacial score (nSPS) is 17.4. The summed E-state index contributed by atoms with van der Waals surface area (Å²) in [4.78, 5) is 2.39. The summed E-state index contributed by atoms with van der Waals surface area (Å²) < 4.78 is 16.7. The van der Waals surface area contributed by atoms with Crippen molar-refractivity contribution in [2.75, 3.05) is 54.1 Å². The van der Waals surface area contributed by atoms with E-state index in [4.69, 9.17) is 14.2 Å². The zero-order valence-corrected chi connectivity index (χ0v) is 15.4. The Morgan fingerprint density at radius 1 is 1.08 bits per heavy atom. The summed E-state index contributed by atoms with van der Waals surface area (Å²) in [5.41, 5.74) is 0.605. The van der Waals surface area contributed by atoms with Crippen LogP contribution in [0.4, 0.5) is 0 Å². The van der Waals surface area contributed by atoms with Crippen LogP contribution in [0.5, 0.6) is 17.2 Å². The standard InChI is InChI=1S/C18H30N2O4/c1-18(2,12-21)17(20-8-6-19-7-9-20)16-14(23-4)10-13(22-3)11-15(16)24-5/h10-11,17,19,21H,6-9,12H2,1-5H3/t17-/m1/s1. The molecule has 0 spiro atoms. The molecule has 0 aromatic heterocycles. The third kappa shape index (κ3) is 3.77. The SMILES string of the molecule is COc1cc(OC)c([C@@H](N2CCNCC2)C(C)(C)CO)c(OC)c1. The maximum atomic E-state index is 10.0. The lowest BCUT2D eigenvalue weighted by Gasteiger charge is -2.44. The average molecular weight is 338 g/mol. The maximum Gasteiger partial charge on any atom is 0.131 e. The van der Waals surface area contributed by atoms with Crippen LogP contribution in [0.1, 0.15) is 25.5 Å². The largest absolute Gasteiger partial charge is 0.496 e. The minimum atomic E-state index is -0.355. The van der Waals surface area contributed by atoms with Crippen LogP contribution in [0.2, 0.25) is 0 Å². The van der Waals surface area contributed by atoms with E-state index in [0.717, 1.165) is 43.2 Å². The molecule has 2 N–H and O–H groups in total. The van der Waals surface area contributed by atoms with Gasteiger partial charge in [-0.05, 0) is 0 Å². The van der Waals surface area contributed by atoms with Crippen LogP contribution in [0.15, 0.2) is 12.1 Å². The molecule has 0 unspecified atom stereocenters. The van der Waals surface area contributed by atoms with Crippen molar-refractivity contribution < 1.29 is 19.3 Å². The summed E-state index contributed by atoms with van der Waals surface area (Å²) in [5.74, 6) is 2.13. The van der Waals surface area contributed by atoms with Crippen molar-refractivity contribution in [2.45, 2.75) is 19.9 Å². The van der Waals surface area contributed by atoms with E-state index in [-0.39, 0.29) is 18.1 Å². The molecule has 1 fully saturated rings. The van der Waals surface area contributed by atoms with Crippen molar-refractivity contribution in [2.24, 2.45) is 5.41 Å². The van der Waals surface area contributed by atoms with Crippen LogP contribution < -0.4 is 19.5 Å². The molecule has 1 aliphatic heterocycles. The molecule has 0 radical (unpaired) electrons. The van der Waals surface area contributed by atoms with Gasteiger partial charge in [0.05, 0.1) is 26.9 Å². The predicted octanol–water partition coefficient (Wildman–Crippen LogP) is 1.68. The Kier molecular flexibility index (Phi) is 6.32. The van der Waals surface area contributed by atoms with Crippen molar-refractivity contribution in [1.82, 2.24) is 10.2 Å². The molecule has 2 rings (SSSR count). The lowest BCUT2D eigenvalue weighted by Crippen LogP contribution is -2.49. The number of aliphatic hydroxyl groups is 1. The summed E-state index contributed by atoms with van der Waals surface area (Å²) in [6.07, 6.45) is 0. The molecule has 1 saturated heterocycles. The maximum absolute atomic E-state index is 10.0. The Bertz CT molecular complexity index is 517. The van der Waals surface area contributed by atoms with E-state index in [0.29, 0.717) is 5.75 Å². The van der Waals surface area contributed by atoms with E-state index in [1.165, 1.54) is 0 Å². The minimum absolute atomic E-state index is 0.0274. The molecular formula is C18H30N2O4. The monoisotopic (exact) mass is 338 g/mol. The van der Waals surface area contributed by atoms with E-state index >= 15 is 0 Å². The van der Waals surface area contributed by atoms with E-state index in [1.807, 2.05) is 12.1 Å². The Labute approximate surface area is 144 Å². The number of aliphatic hydroxyl groups excluding tert-OH is 1. The number of hydrogen-bond acceptors (Lipinski definition) is 6. The summed E-state index contributed by atoms with van der Waals surface area (Å²) in [7, 11) is 4.93. The highest BCUT2D eigenvalue weighted by atomic mass is 16.5. The molecule has 1 aromatic carbocycles. The van der Waals surface area contributed by atoms with Crippen LogP contribution >= 0.6 is 0 Å². The summed E-state index contributed by atoms with van der Waals surface area (Å²) in [6, 6.07) is 3.72. The van der Waals surface area contributed by atoms with E-state index in [1.54, 1.807) is 21.3 Å². The van der Waals surface area contributed by atoms with Crippen molar-refractivity contribution in [1.29, 1.82) is 0 Å². The van der Waals surface area contributed by atoms with Gasteiger partial charge in [0.2, 0.25) is 0 Å². The number of methoxy groups -OCH3 is 3. The molecule has 1 aliphatic rings. The Hall–Kier alpha value is -1.50. The Morgan fingerprint density at radius 2 is 1.62 bits per heavy atom. The van der Waals surface area contributed by atoms with Gasteiger partial charge in [-0.3, -0.25) is 4.90 Å². The van der Waals surface area contributed by atoms with Gasteiger partial charge in [-0.25, -0.2) is 0 Å². The number of hydrogen-bond donors (Lipinski definition) is 2. The van der Waals surface area contributed by atoms with Crippen molar-refractivity contribution in [3.8, 4) is 17.2 Å².